The van der Waals surface area contributed by atoms with Crippen LogP contribution in [0.4, 0.5) is 10.5 Å². The summed E-state index contributed by atoms with van der Waals surface area (Å²) in [6.07, 6.45) is 0.244. The average Bonchev–Trinajstić information content (AvgIpc) is 3.31. The van der Waals surface area contributed by atoms with Gasteiger partial charge in [-0.15, -0.1) is 5.10 Å². The summed E-state index contributed by atoms with van der Waals surface area (Å²) in [5, 5.41) is 15.4. The molecule has 10 nitrogen and oxygen atoms in total. The molecule has 3 rings (SSSR count). The fourth-order valence-electron chi connectivity index (χ4n) is 3.27. The van der Waals surface area contributed by atoms with Crippen LogP contribution in [0.2, 0.25) is 10.0 Å². The van der Waals surface area contributed by atoms with Crippen LogP contribution >= 0.6 is 35.0 Å². The van der Waals surface area contributed by atoms with Crippen molar-refractivity contribution in [2.24, 2.45) is 0 Å². The molecule has 1 unspecified atom stereocenters. The van der Waals surface area contributed by atoms with E-state index in [-0.39, 0.29) is 18.9 Å². The minimum atomic E-state index is -0.762. The maximum absolute atomic E-state index is 12.9. The Morgan fingerprint density at radius 3 is 2.43 bits per heavy atom. The standard InChI is InChI=1S/C24H28Cl2N6O4S/c1-5-20(27-24(34)36-11-10-15-6-8-17(35-4)9-7-15)21(33)14-32-23(28-29-30-32)37-22-18(25)12-16(31(2)3)13-19(22)26/h6-9,12-13,20H,5,10-11,14H2,1-4H3,(H,27,34). The minimum Gasteiger partial charge on any atom is -0.497 e. The van der Waals surface area contributed by atoms with Crippen LogP contribution in [0.5, 0.6) is 5.75 Å². The van der Waals surface area contributed by atoms with Crippen LogP contribution in [0.15, 0.2) is 46.5 Å². The van der Waals surface area contributed by atoms with Crippen molar-refractivity contribution < 1.29 is 19.1 Å². The van der Waals surface area contributed by atoms with Gasteiger partial charge in [0.15, 0.2) is 5.78 Å². The van der Waals surface area contributed by atoms with Gasteiger partial charge in [0.1, 0.15) is 12.3 Å². The molecule has 0 saturated carbocycles. The number of nitrogens with zero attached hydrogens (tertiary/aromatic N) is 5. The fourth-order valence-corrected chi connectivity index (χ4v) is 4.75. The van der Waals surface area contributed by atoms with Crippen molar-refractivity contribution in [1.82, 2.24) is 25.5 Å². The molecule has 2 aromatic carbocycles. The van der Waals surface area contributed by atoms with Gasteiger partial charge in [0.2, 0.25) is 5.16 Å². The van der Waals surface area contributed by atoms with E-state index in [2.05, 4.69) is 20.8 Å². The first-order valence-electron chi connectivity index (χ1n) is 11.4. The van der Waals surface area contributed by atoms with Crippen molar-refractivity contribution in [3.05, 3.63) is 52.0 Å². The van der Waals surface area contributed by atoms with Gasteiger partial charge in [-0.25, -0.2) is 9.48 Å². The Bertz CT molecular complexity index is 1200. The number of carbonyl (C=O) groups is 2. The second-order valence-electron chi connectivity index (χ2n) is 8.16. The number of ketones is 1. The smallest absolute Gasteiger partial charge is 0.407 e. The number of amides is 1. The molecular formula is C24H28Cl2N6O4S. The molecular weight excluding hydrogens is 539 g/mol. The van der Waals surface area contributed by atoms with Crippen LogP contribution in [0.1, 0.15) is 18.9 Å². The van der Waals surface area contributed by atoms with Gasteiger partial charge in [0, 0.05) is 26.2 Å². The Hall–Kier alpha value is -3.02. The molecule has 0 saturated heterocycles. The summed E-state index contributed by atoms with van der Waals surface area (Å²) < 4.78 is 11.7. The number of benzene rings is 2. The number of anilines is 1. The molecule has 1 amide bonds. The van der Waals surface area contributed by atoms with Crippen molar-refractivity contribution in [1.29, 1.82) is 0 Å². The van der Waals surface area contributed by atoms with Crippen LogP contribution in [0.3, 0.4) is 0 Å². The summed E-state index contributed by atoms with van der Waals surface area (Å²) in [5.41, 5.74) is 1.85. The van der Waals surface area contributed by atoms with Crippen LogP contribution in [0, 0.1) is 0 Å². The zero-order chi connectivity index (χ0) is 26.9. The molecule has 1 aromatic heterocycles. The maximum Gasteiger partial charge on any atom is 0.407 e. The molecule has 1 N–H and O–H groups in total. The molecule has 0 spiro atoms. The third kappa shape index (κ3) is 7.98. The highest BCUT2D eigenvalue weighted by Gasteiger charge is 2.23. The number of alkyl carbamates (subject to hydrolysis) is 1. The molecule has 3 aromatic rings. The highest BCUT2D eigenvalue weighted by molar-refractivity contribution is 7.99. The summed E-state index contributed by atoms with van der Waals surface area (Å²) in [6, 6.07) is 10.3. The zero-order valence-corrected chi connectivity index (χ0v) is 23.2. The quantitative estimate of drug-likeness (QED) is 0.338. The third-order valence-corrected chi connectivity index (χ3v) is 7.31. The van der Waals surface area contributed by atoms with Gasteiger partial charge in [0.25, 0.3) is 0 Å². The van der Waals surface area contributed by atoms with Crippen LogP contribution < -0.4 is 15.0 Å². The predicted octanol–water partition coefficient (Wildman–Crippen LogP) is 4.52. The summed E-state index contributed by atoms with van der Waals surface area (Å²) in [6.45, 7) is 1.82. The van der Waals surface area contributed by atoms with E-state index < -0.39 is 12.1 Å². The number of tetrazole rings is 1. The van der Waals surface area contributed by atoms with Gasteiger partial charge in [-0.05, 0) is 58.4 Å². The summed E-state index contributed by atoms with van der Waals surface area (Å²) >= 11 is 14.0. The van der Waals surface area contributed by atoms with E-state index in [0.29, 0.717) is 32.9 Å². The first-order chi connectivity index (χ1) is 17.7. The van der Waals surface area contributed by atoms with E-state index in [4.69, 9.17) is 32.7 Å². The topological polar surface area (TPSA) is 111 Å². The summed E-state index contributed by atoms with van der Waals surface area (Å²) in [7, 11) is 5.37. The van der Waals surface area contributed by atoms with Crippen LogP contribution in [-0.4, -0.2) is 65.9 Å². The lowest BCUT2D eigenvalue weighted by Gasteiger charge is -2.17. The predicted molar refractivity (Wildman–Crippen MR) is 143 cm³/mol. The lowest BCUT2D eigenvalue weighted by Crippen LogP contribution is -2.42. The number of hydrogen-bond donors (Lipinski definition) is 1. The number of aromatic nitrogens is 4. The number of methoxy groups -OCH3 is 1. The number of halogens is 2. The van der Waals surface area contributed by atoms with Gasteiger partial charge < -0.3 is 19.7 Å². The SMILES string of the molecule is CCC(NC(=O)OCCc1ccc(OC)cc1)C(=O)Cn1nnnc1Sc1c(Cl)cc(N(C)C)cc1Cl. The van der Waals surface area contributed by atoms with Gasteiger partial charge >= 0.3 is 6.09 Å². The molecule has 37 heavy (non-hydrogen) atoms. The second-order valence-corrected chi connectivity index (χ2v) is 9.95. The molecule has 13 heteroatoms. The number of Topliss-reactive ketones (excluding diaryl/α,β-unsaturated/α-hetero) is 1. The average molecular weight is 567 g/mol. The third-order valence-electron chi connectivity index (χ3n) is 5.37. The van der Waals surface area contributed by atoms with Crippen molar-refractivity contribution in [3.8, 4) is 5.75 Å². The monoisotopic (exact) mass is 566 g/mol. The summed E-state index contributed by atoms with van der Waals surface area (Å²) in [5.74, 6) is 0.480. The highest BCUT2D eigenvalue weighted by Crippen LogP contribution is 2.40. The van der Waals surface area contributed by atoms with Crippen LogP contribution in [-0.2, 0) is 22.5 Å². The Labute approximate surface area is 229 Å². The van der Waals surface area contributed by atoms with Gasteiger partial charge in [-0.1, -0.05) is 42.3 Å². The van der Waals surface area contributed by atoms with Gasteiger partial charge in [-0.3, -0.25) is 4.79 Å². The van der Waals surface area contributed by atoms with E-state index >= 15 is 0 Å². The highest BCUT2D eigenvalue weighted by atomic mass is 35.5. The molecule has 0 radical (unpaired) electrons. The Kier molecular flexibility index (Phi) is 10.4. The zero-order valence-electron chi connectivity index (χ0n) is 20.9. The molecule has 0 aliphatic carbocycles. The molecule has 0 bridgehead atoms. The summed E-state index contributed by atoms with van der Waals surface area (Å²) in [4.78, 5) is 27.7. The van der Waals surface area contributed by atoms with E-state index in [9.17, 15) is 9.59 Å². The molecule has 198 valence electrons. The first-order valence-corrected chi connectivity index (χ1v) is 13.0. The molecule has 0 aliphatic heterocycles. The number of rotatable bonds is 12. The number of ether oxygens (including phenoxy) is 2. The molecule has 1 heterocycles. The molecule has 1 atom stereocenters. The number of hydrogen-bond acceptors (Lipinski definition) is 9. The maximum atomic E-state index is 12.9. The Balaban J connectivity index is 1.56. The first kappa shape index (κ1) is 28.5. The Morgan fingerprint density at radius 2 is 1.84 bits per heavy atom. The van der Waals surface area contributed by atoms with Crippen molar-refractivity contribution in [3.63, 3.8) is 0 Å². The van der Waals surface area contributed by atoms with Crippen molar-refractivity contribution in [2.45, 2.75) is 42.4 Å². The largest absolute Gasteiger partial charge is 0.497 e. The minimum absolute atomic E-state index is 0.148. The molecule has 0 fully saturated rings. The van der Waals surface area contributed by atoms with Gasteiger partial charge in [-0.2, -0.15) is 0 Å². The fraction of sp³-hybridized carbons (Fsp3) is 0.375. The molecule has 0 aliphatic rings. The van der Waals surface area contributed by atoms with Crippen molar-refractivity contribution >= 4 is 52.5 Å². The van der Waals surface area contributed by atoms with E-state index in [1.165, 1.54) is 4.68 Å². The number of nitrogens with one attached hydrogen (secondary N) is 1. The lowest BCUT2D eigenvalue weighted by molar-refractivity contribution is -0.122. The van der Waals surface area contributed by atoms with Gasteiger partial charge in [0.05, 0.1) is 34.7 Å². The Morgan fingerprint density at radius 1 is 1.16 bits per heavy atom. The van der Waals surface area contributed by atoms with E-state index in [1.54, 1.807) is 26.2 Å². The number of carbonyl (C=O) groups excluding carboxylic acids is 2. The van der Waals surface area contributed by atoms with E-state index in [0.717, 1.165) is 28.8 Å². The van der Waals surface area contributed by atoms with E-state index in [1.807, 2.05) is 43.3 Å². The normalized spacial score (nSPS) is 11.6. The lowest BCUT2D eigenvalue weighted by atomic mass is 10.1. The van der Waals surface area contributed by atoms with Crippen molar-refractivity contribution in [2.75, 3.05) is 32.7 Å². The second kappa shape index (κ2) is 13.5. The van der Waals surface area contributed by atoms with Crippen LogP contribution in [0.25, 0.3) is 0 Å².